The minimum atomic E-state index is -0.0265. The first kappa shape index (κ1) is 13.1. The standard InChI is InChI=1S/C14H15BrN2O/c1-9-7-12(15)3-4-13(9)18-14-8-11(10(2)16)5-6-17-14/h3-8,10H,16H2,1-2H3/t10-/m1/s1. The summed E-state index contributed by atoms with van der Waals surface area (Å²) in [4.78, 5) is 4.19. The number of benzene rings is 1. The molecule has 0 aliphatic carbocycles. The summed E-state index contributed by atoms with van der Waals surface area (Å²) < 4.78 is 6.80. The van der Waals surface area contributed by atoms with Gasteiger partial charge in [-0.05, 0) is 49.2 Å². The van der Waals surface area contributed by atoms with Crippen LogP contribution in [0.4, 0.5) is 0 Å². The Kier molecular flexibility index (Phi) is 3.99. The van der Waals surface area contributed by atoms with Crippen LogP contribution in [0.3, 0.4) is 0 Å². The lowest BCUT2D eigenvalue weighted by Crippen LogP contribution is -2.05. The van der Waals surface area contributed by atoms with Gasteiger partial charge in [0.25, 0.3) is 0 Å². The molecular weight excluding hydrogens is 292 g/mol. The lowest BCUT2D eigenvalue weighted by Gasteiger charge is -2.10. The van der Waals surface area contributed by atoms with Crippen LogP contribution >= 0.6 is 15.9 Å². The SMILES string of the molecule is Cc1cc(Br)ccc1Oc1cc([C@@H](C)N)ccn1. The van der Waals surface area contributed by atoms with Gasteiger partial charge in [0.1, 0.15) is 5.75 Å². The molecule has 0 radical (unpaired) electrons. The molecule has 0 aliphatic heterocycles. The number of nitrogens with two attached hydrogens (primary N) is 1. The normalized spacial score (nSPS) is 12.2. The summed E-state index contributed by atoms with van der Waals surface area (Å²) in [6, 6.07) is 9.60. The van der Waals surface area contributed by atoms with Crippen LogP contribution in [0, 0.1) is 6.92 Å². The van der Waals surface area contributed by atoms with Gasteiger partial charge >= 0.3 is 0 Å². The minimum Gasteiger partial charge on any atom is -0.439 e. The zero-order chi connectivity index (χ0) is 13.1. The highest BCUT2D eigenvalue weighted by Crippen LogP contribution is 2.27. The second-order valence-corrected chi connectivity index (χ2v) is 5.14. The van der Waals surface area contributed by atoms with Crippen LogP contribution in [0.25, 0.3) is 0 Å². The van der Waals surface area contributed by atoms with Gasteiger partial charge in [-0.15, -0.1) is 0 Å². The largest absolute Gasteiger partial charge is 0.439 e. The summed E-state index contributed by atoms with van der Waals surface area (Å²) >= 11 is 3.42. The zero-order valence-electron chi connectivity index (χ0n) is 10.4. The third kappa shape index (κ3) is 3.09. The molecule has 2 rings (SSSR count). The van der Waals surface area contributed by atoms with Crippen LogP contribution in [-0.4, -0.2) is 4.98 Å². The summed E-state index contributed by atoms with van der Waals surface area (Å²) in [6.07, 6.45) is 1.71. The van der Waals surface area contributed by atoms with E-state index in [0.717, 1.165) is 21.3 Å². The molecule has 0 amide bonds. The summed E-state index contributed by atoms with van der Waals surface area (Å²) in [6.45, 7) is 3.93. The highest BCUT2D eigenvalue weighted by Gasteiger charge is 2.05. The lowest BCUT2D eigenvalue weighted by atomic mass is 10.1. The molecule has 1 heterocycles. The Morgan fingerprint density at radius 1 is 1.28 bits per heavy atom. The second kappa shape index (κ2) is 5.50. The molecule has 0 aliphatic rings. The van der Waals surface area contributed by atoms with Crippen LogP contribution in [0.2, 0.25) is 0 Å². The molecular formula is C14H15BrN2O. The highest BCUT2D eigenvalue weighted by atomic mass is 79.9. The van der Waals surface area contributed by atoms with Crippen molar-refractivity contribution >= 4 is 15.9 Å². The number of halogens is 1. The summed E-state index contributed by atoms with van der Waals surface area (Å²) in [7, 11) is 0. The Balaban J connectivity index is 2.25. The Hall–Kier alpha value is -1.39. The molecule has 2 N–H and O–H groups in total. The third-order valence-electron chi connectivity index (χ3n) is 2.64. The maximum atomic E-state index is 5.84. The van der Waals surface area contributed by atoms with Crippen molar-refractivity contribution < 1.29 is 4.74 Å². The van der Waals surface area contributed by atoms with Gasteiger partial charge in [0, 0.05) is 22.8 Å². The molecule has 1 atom stereocenters. The molecule has 4 heteroatoms. The Morgan fingerprint density at radius 2 is 2.06 bits per heavy atom. The van der Waals surface area contributed by atoms with E-state index >= 15 is 0 Å². The number of hydrogen-bond acceptors (Lipinski definition) is 3. The van der Waals surface area contributed by atoms with Gasteiger partial charge in [0.15, 0.2) is 0 Å². The zero-order valence-corrected chi connectivity index (χ0v) is 11.9. The van der Waals surface area contributed by atoms with E-state index in [4.69, 9.17) is 10.5 Å². The van der Waals surface area contributed by atoms with E-state index in [1.807, 2.05) is 44.2 Å². The van der Waals surface area contributed by atoms with Crippen molar-refractivity contribution in [3.63, 3.8) is 0 Å². The number of ether oxygens (including phenoxy) is 1. The topological polar surface area (TPSA) is 48.1 Å². The monoisotopic (exact) mass is 306 g/mol. The van der Waals surface area contributed by atoms with E-state index in [9.17, 15) is 0 Å². The van der Waals surface area contributed by atoms with E-state index in [2.05, 4.69) is 20.9 Å². The number of hydrogen-bond donors (Lipinski definition) is 1. The van der Waals surface area contributed by atoms with Crippen LogP contribution in [0.5, 0.6) is 11.6 Å². The molecule has 0 bridgehead atoms. The second-order valence-electron chi connectivity index (χ2n) is 4.23. The molecule has 1 aromatic carbocycles. The molecule has 0 fully saturated rings. The first-order valence-corrected chi connectivity index (χ1v) is 6.51. The summed E-state index contributed by atoms with van der Waals surface area (Å²) in [5, 5.41) is 0. The molecule has 0 spiro atoms. The van der Waals surface area contributed by atoms with E-state index < -0.39 is 0 Å². The minimum absolute atomic E-state index is 0.0265. The molecule has 2 aromatic rings. The fourth-order valence-corrected chi connectivity index (χ4v) is 2.08. The Labute approximate surface area is 115 Å². The average molecular weight is 307 g/mol. The number of aryl methyl sites for hydroxylation is 1. The number of aromatic nitrogens is 1. The van der Waals surface area contributed by atoms with Crippen molar-refractivity contribution in [2.75, 3.05) is 0 Å². The molecule has 0 saturated heterocycles. The maximum Gasteiger partial charge on any atom is 0.219 e. The lowest BCUT2D eigenvalue weighted by molar-refractivity contribution is 0.458. The molecule has 94 valence electrons. The van der Waals surface area contributed by atoms with Crippen molar-refractivity contribution in [3.8, 4) is 11.6 Å². The van der Waals surface area contributed by atoms with Crippen LogP contribution in [-0.2, 0) is 0 Å². The van der Waals surface area contributed by atoms with Crippen molar-refractivity contribution in [1.29, 1.82) is 0 Å². The van der Waals surface area contributed by atoms with Gasteiger partial charge in [-0.25, -0.2) is 4.98 Å². The maximum absolute atomic E-state index is 5.84. The molecule has 18 heavy (non-hydrogen) atoms. The fourth-order valence-electron chi connectivity index (χ4n) is 1.60. The van der Waals surface area contributed by atoms with Gasteiger partial charge < -0.3 is 10.5 Å². The predicted molar refractivity (Wildman–Crippen MR) is 75.8 cm³/mol. The van der Waals surface area contributed by atoms with E-state index in [1.165, 1.54) is 0 Å². The van der Waals surface area contributed by atoms with Gasteiger partial charge in [0.2, 0.25) is 5.88 Å². The Morgan fingerprint density at radius 3 is 2.72 bits per heavy atom. The molecule has 0 saturated carbocycles. The quantitative estimate of drug-likeness (QED) is 0.933. The number of nitrogens with zero attached hydrogens (tertiary/aromatic N) is 1. The first-order chi connectivity index (χ1) is 8.56. The van der Waals surface area contributed by atoms with Crippen LogP contribution in [0.15, 0.2) is 41.0 Å². The van der Waals surface area contributed by atoms with Crippen LogP contribution < -0.4 is 10.5 Å². The molecule has 1 aromatic heterocycles. The Bertz CT molecular complexity index is 555. The van der Waals surface area contributed by atoms with Crippen molar-refractivity contribution in [2.45, 2.75) is 19.9 Å². The van der Waals surface area contributed by atoms with E-state index in [0.29, 0.717) is 5.88 Å². The van der Waals surface area contributed by atoms with Crippen molar-refractivity contribution in [1.82, 2.24) is 4.98 Å². The highest BCUT2D eigenvalue weighted by molar-refractivity contribution is 9.10. The smallest absolute Gasteiger partial charge is 0.219 e. The molecule has 0 unspecified atom stereocenters. The average Bonchev–Trinajstić information content (AvgIpc) is 2.33. The molecule has 3 nitrogen and oxygen atoms in total. The van der Waals surface area contributed by atoms with E-state index in [1.54, 1.807) is 6.20 Å². The van der Waals surface area contributed by atoms with Crippen molar-refractivity contribution in [2.24, 2.45) is 5.73 Å². The number of pyridine rings is 1. The predicted octanol–water partition coefficient (Wildman–Crippen LogP) is 3.96. The van der Waals surface area contributed by atoms with Crippen LogP contribution in [0.1, 0.15) is 24.1 Å². The number of rotatable bonds is 3. The van der Waals surface area contributed by atoms with Crippen molar-refractivity contribution in [3.05, 3.63) is 52.1 Å². The summed E-state index contributed by atoms with van der Waals surface area (Å²) in [5.74, 6) is 1.36. The van der Waals surface area contributed by atoms with Gasteiger partial charge in [-0.2, -0.15) is 0 Å². The summed E-state index contributed by atoms with van der Waals surface area (Å²) in [5.41, 5.74) is 7.90. The fraction of sp³-hybridized carbons (Fsp3) is 0.214. The van der Waals surface area contributed by atoms with Gasteiger partial charge in [0.05, 0.1) is 0 Å². The third-order valence-corrected chi connectivity index (χ3v) is 3.13. The van der Waals surface area contributed by atoms with Gasteiger partial charge in [-0.3, -0.25) is 0 Å². The van der Waals surface area contributed by atoms with Gasteiger partial charge in [-0.1, -0.05) is 15.9 Å². The van der Waals surface area contributed by atoms with E-state index in [-0.39, 0.29) is 6.04 Å². The first-order valence-electron chi connectivity index (χ1n) is 5.72.